The summed E-state index contributed by atoms with van der Waals surface area (Å²) in [5, 5.41) is 13.2. The molecule has 0 heterocycles. The van der Waals surface area contributed by atoms with E-state index in [4.69, 9.17) is 0 Å². The summed E-state index contributed by atoms with van der Waals surface area (Å²) in [7, 11) is 0. The quantitative estimate of drug-likeness (QED) is 0.869. The lowest BCUT2D eigenvalue weighted by molar-refractivity contribution is 0.460. The summed E-state index contributed by atoms with van der Waals surface area (Å²) < 4.78 is 0. The Bertz CT molecular complexity index is 543. The van der Waals surface area contributed by atoms with Crippen molar-refractivity contribution in [2.45, 2.75) is 33.4 Å². The third kappa shape index (κ3) is 3.58. The van der Waals surface area contributed by atoms with Crippen molar-refractivity contribution in [1.29, 1.82) is 0 Å². The molecular formula is C17H21NO. The number of aryl methyl sites for hydroxylation is 2. The number of hydrogen-bond donors (Lipinski definition) is 2. The molecule has 19 heavy (non-hydrogen) atoms. The van der Waals surface area contributed by atoms with Crippen LogP contribution in [0.15, 0.2) is 42.5 Å². The summed E-state index contributed by atoms with van der Waals surface area (Å²) in [6.45, 7) is 7.05. The highest BCUT2D eigenvalue weighted by molar-refractivity contribution is 5.33. The number of aromatic hydroxyl groups is 1. The first-order valence-electron chi connectivity index (χ1n) is 6.64. The van der Waals surface area contributed by atoms with E-state index in [2.05, 4.69) is 44.3 Å². The van der Waals surface area contributed by atoms with Crippen molar-refractivity contribution in [3.8, 4) is 5.75 Å². The van der Waals surface area contributed by atoms with Crippen LogP contribution in [0.3, 0.4) is 0 Å². The van der Waals surface area contributed by atoms with Gasteiger partial charge in [-0.2, -0.15) is 0 Å². The average Bonchev–Trinajstić information content (AvgIpc) is 2.36. The van der Waals surface area contributed by atoms with Crippen molar-refractivity contribution in [2.24, 2.45) is 0 Å². The van der Waals surface area contributed by atoms with Crippen LogP contribution in [0.1, 0.15) is 35.2 Å². The van der Waals surface area contributed by atoms with Gasteiger partial charge < -0.3 is 10.4 Å². The minimum absolute atomic E-state index is 0.262. The summed E-state index contributed by atoms with van der Waals surface area (Å²) in [6, 6.07) is 14.3. The number of para-hydroxylation sites is 1. The highest BCUT2D eigenvalue weighted by Gasteiger charge is 2.07. The molecule has 2 aromatic rings. The number of rotatable bonds is 4. The second kappa shape index (κ2) is 5.89. The fourth-order valence-corrected chi connectivity index (χ4v) is 2.30. The molecule has 0 aliphatic rings. The molecule has 0 spiro atoms. The first-order chi connectivity index (χ1) is 9.06. The zero-order valence-electron chi connectivity index (χ0n) is 11.8. The van der Waals surface area contributed by atoms with E-state index in [0.29, 0.717) is 12.3 Å². The molecular weight excluding hydrogens is 234 g/mol. The van der Waals surface area contributed by atoms with Gasteiger partial charge in [-0.25, -0.2) is 0 Å². The first-order valence-corrected chi connectivity index (χ1v) is 6.64. The van der Waals surface area contributed by atoms with Crippen molar-refractivity contribution in [3.05, 3.63) is 64.7 Å². The molecule has 0 amide bonds. The molecule has 0 aromatic heterocycles. The molecule has 1 atom stereocenters. The fourth-order valence-electron chi connectivity index (χ4n) is 2.30. The van der Waals surface area contributed by atoms with Crippen molar-refractivity contribution < 1.29 is 5.11 Å². The lowest BCUT2D eigenvalue weighted by Gasteiger charge is -2.16. The van der Waals surface area contributed by atoms with E-state index in [-0.39, 0.29) is 6.04 Å². The molecule has 0 saturated heterocycles. The summed E-state index contributed by atoms with van der Waals surface area (Å²) in [5.74, 6) is 0.350. The van der Waals surface area contributed by atoms with E-state index < -0.39 is 0 Å². The Balaban J connectivity index is 2.05. The maximum atomic E-state index is 9.74. The zero-order chi connectivity index (χ0) is 13.8. The summed E-state index contributed by atoms with van der Waals surface area (Å²) in [5.41, 5.74) is 4.78. The Labute approximate surface area is 115 Å². The van der Waals surface area contributed by atoms with Gasteiger partial charge in [0.25, 0.3) is 0 Å². The second-order valence-corrected chi connectivity index (χ2v) is 5.15. The third-order valence-electron chi connectivity index (χ3n) is 3.33. The van der Waals surface area contributed by atoms with Crippen molar-refractivity contribution in [3.63, 3.8) is 0 Å². The van der Waals surface area contributed by atoms with E-state index in [0.717, 1.165) is 5.56 Å². The van der Waals surface area contributed by atoms with Gasteiger partial charge in [0.15, 0.2) is 0 Å². The van der Waals surface area contributed by atoms with Crippen molar-refractivity contribution in [2.75, 3.05) is 0 Å². The molecule has 2 rings (SSSR count). The van der Waals surface area contributed by atoms with Crippen LogP contribution in [-0.2, 0) is 6.54 Å². The van der Waals surface area contributed by atoms with Crippen LogP contribution in [0.25, 0.3) is 0 Å². The van der Waals surface area contributed by atoms with Crippen LogP contribution in [0, 0.1) is 13.8 Å². The Morgan fingerprint density at radius 1 is 1.05 bits per heavy atom. The lowest BCUT2D eigenvalue weighted by atomic mass is 10.0. The average molecular weight is 255 g/mol. The van der Waals surface area contributed by atoms with Gasteiger partial charge in [-0.3, -0.25) is 0 Å². The van der Waals surface area contributed by atoms with Crippen LogP contribution >= 0.6 is 0 Å². The maximum Gasteiger partial charge on any atom is 0.120 e. The van der Waals surface area contributed by atoms with Gasteiger partial charge in [0.05, 0.1) is 0 Å². The largest absolute Gasteiger partial charge is 0.508 e. The Hall–Kier alpha value is -1.80. The molecule has 1 unspecified atom stereocenters. The predicted octanol–water partition coefficient (Wildman–Crippen LogP) is 3.86. The van der Waals surface area contributed by atoms with Crippen LogP contribution in [0.2, 0.25) is 0 Å². The Kier molecular flexibility index (Phi) is 4.23. The maximum absolute atomic E-state index is 9.74. The third-order valence-corrected chi connectivity index (χ3v) is 3.33. The molecule has 0 aliphatic heterocycles. The molecule has 0 saturated carbocycles. The minimum Gasteiger partial charge on any atom is -0.508 e. The summed E-state index contributed by atoms with van der Waals surface area (Å²) in [6.07, 6.45) is 0. The number of hydrogen-bond acceptors (Lipinski definition) is 2. The summed E-state index contributed by atoms with van der Waals surface area (Å²) >= 11 is 0. The number of nitrogens with one attached hydrogen (secondary N) is 1. The molecule has 2 nitrogen and oxygen atoms in total. The molecule has 0 fully saturated rings. The SMILES string of the molecule is Cc1cc(C)cc(C(C)NCc2ccccc2O)c1. The van der Waals surface area contributed by atoms with E-state index in [9.17, 15) is 5.11 Å². The monoisotopic (exact) mass is 255 g/mol. The van der Waals surface area contributed by atoms with Crippen LogP contribution in [0.5, 0.6) is 5.75 Å². The first kappa shape index (κ1) is 13.6. The number of phenols is 1. The smallest absolute Gasteiger partial charge is 0.120 e. The van der Waals surface area contributed by atoms with E-state index in [1.807, 2.05) is 18.2 Å². The molecule has 0 bridgehead atoms. The van der Waals surface area contributed by atoms with Crippen LogP contribution in [-0.4, -0.2) is 5.11 Å². The molecule has 2 N–H and O–H groups in total. The predicted molar refractivity (Wildman–Crippen MR) is 79.3 cm³/mol. The minimum atomic E-state index is 0.262. The van der Waals surface area contributed by atoms with E-state index in [1.165, 1.54) is 16.7 Å². The Morgan fingerprint density at radius 3 is 2.32 bits per heavy atom. The molecule has 0 radical (unpaired) electrons. The van der Waals surface area contributed by atoms with Gasteiger partial charge in [0.1, 0.15) is 5.75 Å². The van der Waals surface area contributed by atoms with Gasteiger partial charge in [-0.15, -0.1) is 0 Å². The van der Waals surface area contributed by atoms with Crippen molar-refractivity contribution in [1.82, 2.24) is 5.32 Å². The molecule has 100 valence electrons. The van der Waals surface area contributed by atoms with Crippen LogP contribution in [0.4, 0.5) is 0 Å². The summed E-state index contributed by atoms with van der Waals surface area (Å²) in [4.78, 5) is 0. The number of benzene rings is 2. The molecule has 2 aromatic carbocycles. The highest BCUT2D eigenvalue weighted by atomic mass is 16.3. The Morgan fingerprint density at radius 2 is 1.68 bits per heavy atom. The number of phenolic OH excluding ortho intramolecular Hbond substituents is 1. The molecule has 2 heteroatoms. The molecule has 0 aliphatic carbocycles. The van der Waals surface area contributed by atoms with Gasteiger partial charge in [0, 0.05) is 18.2 Å². The van der Waals surface area contributed by atoms with Gasteiger partial charge in [-0.1, -0.05) is 47.5 Å². The van der Waals surface area contributed by atoms with Crippen LogP contribution < -0.4 is 5.32 Å². The fraction of sp³-hybridized carbons (Fsp3) is 0.294. The normalized spacial score (nSPS) is 12.4. The van der Waals surface area contributed by atoms with Gasteiger partial charge in [0.2, 0.25) is 0 Å². The van der Waals surface area contributed by atoms with Gasteiger partial charge >= 0.3 is 0 Å². The van der Waals surface area contributed by atoms with E-state index in [1.54, 1.807) is 6.07 Å². The highest BCUT2D eigenvalue weighted by Crippen LogP contribution is 2.19. The van der Waals surface area contributed by atoms with E-state index >= 15 is 0 Å². The van der Waals surface area contributed by atoms with Crippen molar-refractivity contribution >= 4 is 0 Å². The van der Waals surface area contributed by atoms with Gasteiger partial charge in [-0.05, 0) is 32.4 Å². The zero-order valence-corrected chi connectivity index (χ0v) is 11.8. The lowest BCUT2D eigenvalue weighted by Crippen LogP contribution is -2.18. The topological polar surface area (TPSA) is 32.3 Å². The standard InChI is InChI=1S/C17H21NO/c1-12-8-13(2)10-16(9-12)14(3)18-11-15-6-4-5-7-17(15)19/h4-10,14,18-19H,11H2,1-3H3. The second-order valence-electron chi connectivity index (χ2n) is 5.15.